The molecule has 158 valence electrons. The van der Waals surface area contributed by atoms with E-state index >= 15 is 0 Å². The molecular weight excluding hydrogens is 374 g/mol. The van der Waals surface area contributed by atoms with Crippen molar-refractivity contribution in [1.82, 2.24) is 25.5 Å². The predicted molar refractivity (Wildman–Crippen MR) is 108 cm³/mol. The van der Waals surface area contributed by atoms with Gasteiger partial charge in [-0.15, -0.1) is 0 Å². The van der Waals surface area contributed by atoms with Gasteiger partial charge in [-0.3, -0.25) is 0 Å². The quantitative estimate of drug-likeness (QED) is 0.418. The number of aromatic nitrogens is 2. The lowest BCUT2D eigenvalue weighted by atomic mass is 10.0. The number of hydrogen-bond donors (Lipinski definition) is 4. The average Bonchev–Trinajstić information content (AvgIpc) is 3.36. The van der Waals surface area contributed by atoms with E-state index in [1.54, 1.807) is 19.6 Å². The molecule has 9 heteroatoms. The summed E-state index contributed by atoms with van der Waals surface area (Å²) in [5.41, 5.74) is 1.08. The zero-order valence-electron chi connectivity index (χ0n) is 16.6. The zero-order valence-corrected chi connectivity index (χ0v) is 16.6. The molecule has 3 rings (SSSR count). The second-order valence-electron chi connectivity index (χ2n) is 6.98. The standard InChI is InChI=1S/C20H29N5O4/c1-28-16-4-2-15(3-5-16)12-17-19(18(26)13-24-17)29-20(27)23-7-6-21-8-10-25-11-9-22-14-25/h2-5,9,11,14,17-19,21,24,26H,6-8,10,12-13H2,1H3,(H,23,27)/t17-,18+,19+/m1/s1. The minimum absolute atomic E-state index is 0.141. The molecule has 1 aromatic heterocycles. The van der Waals surface area contributed by atoms with Crippen LogP contribution in [-0.2, 0) is 17.7 Å². The number of alkyl carbamates (subject to hydrolysis) is 1. The van der Waals surface area contributed by atoms with Crippen LogP contribution < -0.4 is 20.7 Å². The van der Waals surface area contributed by atoms with E-state index < -0.39 is 18.3 Å². The first kappa shape index (κ1) is 21.1. The van der Waals surface area contributed by atoms with Crippen LogP contribution in [0.1, 0.15) is 5.56 Å². The zero-order chi connectivity index (χ0) is 20.5. The van der Waals surface area contributed by atoms with Crippen molar-refractivity contribution in [3.8, 4) is 5.75 Å². The number of imidazole rings is 1. The van der Waals surface area contributed by atoms with Gasteiger partial charge in [0.15, 0.2) is 0 Å². The molecule has 1 aliphatic heterocycles. The Hall–Kier alpha value is -2.62. The van der Waals surface area contributed by atoms with Crippen LogP contribution in [0.4, 0.5) is 4.79 Å². The number of ether oxygens (including phenoxy) is 2. The van der Waals surface area contributed by atoms with E-state index in [-0.39, 0.29) is 6.04 Å². The number of hydrogen-bond acceptors (Lipinski definition) is 7. The SMILES string of the molecule is COc1ccc(C[C@H]2NC[C@H](O)[C@H]2OC(=O)NCCNCCn2ccnc2)cc1. The highest BCUT2D eigenvalue weighted by Crippen LogP contribution is 2.19. The smallest absolute Gasteiger partial charge is 0.407 e. The first-order valence-corrected chi connectivity index (χ1v) is 9.81. The van der Waals surface area contributed by atoms with Gasteiger partial charge in [-0.2, -0.15) is 0 Å². The summed E-state index contributed by atoms with van der Waals surface area (Å²) in [6.45, 7) is 3.07. The fourth-order valence-electron chi connectivity index (χ4n) is 3.31. The fraction of sp³-hybridized carbons (Fsp3) is 0.500. The maximum Gasteiger partial charge on any atom is 0.407 e. The van der Waals surface area contributed by atoms with Crippen molar-refractivity contribution in [1.29, 1.82) is 0 Å². The maximum atomic E-state index is 12.1. The lowest BCUT2D eigenvalue weighted by Gasteiger charge is -2.22. The number of benzene rings is 1. The molecule has 2 aromatic rings. The first-order valence-electron chi connectivity index (χ1n) is 9.81. The van der Waals surface area contributed by atoms with E-state index in [2.05, 4.69) is 20.9 Å². The van der Waals surface area contributed by atoms with Crippen molar-refractivity contribution < 1.29 is 19.4 Å². The molecule has 0 spiro atoms. The van der Waals surface area contributed by atoms with Crippen LogP contribution >= 0.6 is 0 Å². The number of methoxy groups -OCH3 is 1. The number of carbonyl (C=O) groups excluding carboxylic acids is 1. The Morgan fingerprint density at radius 2 is 2.14 bits per heavy atom. The van der Waals surface area contributed by atoms with E-state index in [1.165, 1.54) is 0 Å². The Balaban J connectivity index is 1.36. The molecule has 2 heterocycles. The summed E-state index contributed by atoms with van der Waals surface area (Å²) in [7, 11) is 1.63. The Morgan fingerprint density at radius 3 is 2.86 bits per heavy atom. The van der Waals surface area contributed by atoms with E-state index in [0.717, 1.165) is 24.4 Å². The third-order valence-corrected chi connectivity index (χ3v) is 4.90. The van der Waals surface area contributed by atoms with Crippen LogP contribution in [0.2, 0.25) is 0 Å². The van der Waals surface area contributed by atoms with Gasteiger partial charge in [-0.25, -0.2) is 9.78 Å². The molecule has 0 bridgehead atoms. The van der Waals surface area contributed by atoms with Crippen molar-refractivity contribution in [3.05, 3.63) is 48.5 Å². The molecule has 1 amide bonds. The molecule has 0 saturated carbocycles. The van der Waals surface area contributed by atoms with Crippen LogP contribution in [0, 0.1) is 0 Å². The Kier molecular flexibility index (Phi) is 7.85. The van der Waals surface area contributed by atoms with Crippen molar-refractivity contribution in [2.75, 3.05) is 33.3 Å². The molecule has 4 N–H and O–H groups in total. The minimum atomic E-state index is -0.725. The molecular formula is C20H29N5O4. The largest absolute Gasteiger partial charge is 0.497 e. The van der Waals surface area contributed by atoms with Crippen LogP contribution in [0.3, 0.4) is 0 Å². The number of carbonyl (C=O) groups is 1. The van der Waals surface area contributed by atoms with Gasteiger partial charge in [-0.05, 0) is 24.1 Å². The number of aliphatic hydroxyl groups excluding tert-OH is 1. The molecule has 0 aliphatic carbocycles. The van der Waals surface area contributed by atoms with Crippen LogP contribution in [-0.4, -0.2) is 72.3 Å². The van der Waals surface area contributed by atoms with Gasteiger partial charge in [-0.1, -0.05) is 12.1 Å². The van der Waals surface area contributed by atoms with Gasteiger partial charge >= 0.3 is 6.09 Å². The highest BCUT2D eigenvalue weighted by molar-refractivity contribution is 5.67. The summed E-state index contributed by atoms with van der Waals surface area (Å²) in [6.07, 6.45) is 4.22. The molecule has 0 unspecified atom stereocenters. The van der Waals surface area contributed by atoms with Gasteiger partial charge in [0.05, 0.1) is 19.5 Å². The number of amides is 1. The van der Waals surface area contributed by atoms with Crippen molar-refractivity contribution in [2.24, 2.45) is 0 Å². The minimum Gasteiger partial charge on any atom is -0.497 e. The lowest BCUT2D eigenvalue weighted by molar-refractivity contribution is 0.0191. The Bertz CT molecular complexity index is 738. The fourth-order valence-corrected chi connectivity index (χ4v) is 3.31. The van der Waals surface area contributed by atoms with Crippen LogP contribution in [0.5, 0.6) is 5.75 Å². The predicted octanol–water partition coefficient (Wildman–Crippen LogP) is 0.152. The van der Waals surface area contributed by atoms with Crippen molar-refractivity contribution >= 4 is 6.09 Å². The molecule has 9 nitrogen and oxygen atoms in total. The van der Waals surface area contributed by atoms with E-state index in [0.29, 0.717) is 26.1 Å². The topological polar surface area (TPSA) is 110 Å². The number of nitrogens with zero attached hydrogens (tertiary/aromatic N) is 2. The summed E-state index contributed by atoms with van der Waals surface area (Å²) < 4.78 is 12.6. The summed E-state index contributed by atoms with van der Waals surface area (Å²) in [6, 6.07) is 7.58. The molecule has 1 fully saturated rings. The summed E-state index contributed by atoms with van der Waals surface area (Å²) in [5, 5.41) is 19.4. The molecule has 1 aromatic carbocycles. The molecule has 29 heavy (non-hydrogen) atoms. The van der Waals surface area contributed by atoms with Crippen molar-refractivity contribution in [2.45, 2.75) is 31.2 Å². The van der Waals surface area contributed by atoms with Gasteiger partial charge < -0.3 is 35.1 Å². The van der Waals surface area contributed by atoms with Crippen LogP contribution in [0.15, 0.2) is 43.0 Å². The second-order valence-corrected chi connectivity index (χ2v) is 6.98. The van der Waals surface area contributed by atoms with Crippen LogP contribution in [0.25, 0.3) is 0 Å². The first-order chi connectivity index (χ1) is 14.2. The lowest BCUT2D eigenvalue weighted by Crippen LogP contribution is -2.42. The normalized spacial score (nSPS) is 21.1. The summed E-state index contributed by atoms with van der Waals surface area (Å²) in [5.74, 6) is 0.791. The third kappa shape index (κ3) is 6.45. The summed E-state index contributed by atoms with van der Waals surface area (Å²) in [4.78, 5) is 16.1. The van der Waals surface area contributed by atoms with Gasteiger partial charge in [0, 0.05) is 45.1 Å². The Labute approximate surface area is 170 Å². The monoisotopic (exact) mass is 403 g/mol. The third-order valence-electron chi connectivity index (χ3n) is 4.90. The molecule has 3 atom stereocenters. The average molecular weight is 403 g/mol. The highest BCUT2D eigenvalue weighted by atomic mass is 16.6. The number of aliphatic hydroxyl groups is 1. The molecule has 1 aliphatic rings. The number of nitrogens with one attached hydrogen (secondary N) is 3. The van der Waals surface area contributed by atoms with E-state index in [9.17, 15) is 9.90 Å². The van der Waals surface area contributed by atoms with Crippen molar-refractivity contribution in [3.63, 3.8) is 0 Å². The maximum absolute atomic E-state index is 12.1. The van der Waals surface area contributed by atoms with Gasteiger partial charge in [0.2, 0.25) is 0 Å². The Morgan fingerprint density at radius 1 is 1.31 bits per heavy atom. The molecule has 0 radical (unpaired) electrons. The highest BCUT2D eigenvalue weighted by Gasteiger charge is 2.37. The van der Waals surface area contributed by atoms with Gasteiger partial charge in [0.25, 0.3) is 0 Å². The number of β-amino-alcohol motifs (C(OH)–C–C–N with tert-alkyl or cyclic N) is 1. The molecule has 1 saturated heterocycles. The summed E-state index contributed by atoms with van der Waals surface area (Å²) >= 11 is 0. The van der Waals surface area contributed by atoms with Gasteiger partial charge in [0.1, 0.15) is 18.0 Å². The van der Waals surface area contributed by atoms with E-state index in [1.807, 2.05) is 35.0 Å². The van der Waals surface area contributed by atoms with E-state index in [4.69, 9.17) is 9.47 Å². The number of rotatable bonds is 10. The second kappa shape index (κ2) is 10.8.